The minimum atomic E-state index is 0.215. The Labute approximate surface area is 121 Å². The summed E-state index contributed by atoms with van der Waals surface area (Å²) in [5.41, 5.74) is 9.57. The van der Waals surface area contributed by atoms with Gasteiger partial charge in [0.1, 0.15) is 5.69 Å². The molecule has 0 saturated heterocycles. The topological polar surface area (TPSA) is 77.8 Å². The number of hydrogen-bond acceptors (Lipinski definition) is 5. The van der Waals surface area contributed by atoms with Crippen molar-refractivity contribution >= 4 is 5.69 Å². The number of nitrogens with zero attached hydrogens (tertiary/aromatic N) is 3. The highest BCUT2D eigenvalue weighted by Gasteiger charge is 2.27. The van der Waals surface area contributed by atoms with Crippen molar-refractivity contribution in [1.82, 2.24) is 15.1 Å². The molecule has 2 aromatic heterocycles. The van der Waals surface area contributed by atoms with Crippen molar-refractivity contribution in [2.24, 2.45) is 0 Å². The molecule has 1 aliphatic rings. The van der Waals surface area contributed by atoms with Crippen LogP contribution in [0.1, 0.15) is 29.3 Å². The number of pyridine rings is 1. The van der Waals surface area contributed by atoms with Gasteiger partial charge in [0.25, 0.3) is 5.89 Å². The maximum atomic E-state index is 5.63. The lowest BCUT2D eigenvalue weighted by molar-refractivity contribution is 0.418. The van der Waals surface area contributed by atoms with Crippen molar-refractivity contribution in [1.29, 1.82) is 0 Å². The highest BCUT2D eigenvalue weighted by molar-refractivity contribution is 5.50. The SMILES string of the molecule is Nc1ccc(-c2nc(C3CCc4ccccc43)no2)nc1. The van der Waals surface area contributed by atoms with E-state index < -0.39 is 0 Å². The molecule has 2 N–H and O–H groups in total. The quantitative estimate of drug-likeness (QED) is 0.779. The summed E-state index contributed by atoms with van der Waals surface area (Å²) in [6.07, 6.45) is 3.67. The third kappa shape index (κ3) is 2.07. The Balaban J connectivity index is 1.68. The Hall–Kier alpha value is -2.69. The second-order valence-electron chi connectivity index (χ2n) is 5.22. The van der Waals surface area contributed by atoms with Gasteiger partial charge >= 0.3 is 0 Å². The minimum absolute atomic E-state index is 0.215. The van der Waals surface area contributed by atoms with Gasteiger partial charge in [-0.05, 0) is 36.1 Å². The summed E-state index contributed by atoms with van der Waals surface area (Å²) in [5, 5.41) is 4.14. The molecule has 0 amide bonds. The molecule has 5 heteroatoms. The molecule has 3 aromatic rings. The van der Waals surface area contributed by atoms with Gasteiger partial charge in [0.15, 0.2) is 5.82 Å². The van der Waals surface area contributed by atoms with Gasteiger partial charge in [0.2, 0.25) is 0 Å². The van der Waals surface area contributed by atoms with Crippen molar-refractivity contribution in [3.8, 4) is 11.6 Å². The summed E-state index contributed by atoms with van der Waals surface area (Å²) in [4.78, 5) is 8.72. The Kier molecular flexibility index (Phi) is 2.70. The van der Waals surface area contributed by atoms with Gasteiger partial charge in [-0.3, -0.25) is 0 Å². The maximum Gasteiger partial charge on any atom is 0.276 e. The lowest BCUT2D eigenvalue weighted by Crippen LogP contribution is -1.98. The molecule has 0 bridgehead atoms. The van der Waals surface area contributed by atoms with Crippen LogP contribution in [-0.2, 0) is 6.42 Å². The lowest BCUT2D eigenvalue weighted by atomic mass is 10.0. The average molecular weight is 278 g/mol. The van der Waals surface area contributed by atoms with Crippen LogP contribution in [0.3, 0.4) is 0 Å². The predicted octanol–water partition coefficient (Wildman–Crippen LogP) is 2.79. The van der Waals surface area contributed by atoms with Gasteiger partial charge in [-0.2, -0.15) is 4.98 Å². The smallest absolute Gasteiger partial charge is 0.276 e. The summed E-state index contributed by atoms with van der Waals surface area (Å²) in [7, 11) is 0. The first-order valence-corrected chi connectivity index (χ1v) is 6.94. The molecule has 1 atom stereocenters. The molecule has 0 radical (unpaired) electrons. The zero-order valence-electron chi connectivity index (χ0n) is 11.4. The molecule has 5 nitrogen and oxygen atoms in total. The van der Waals surface area contributed by atoms with E-state index in [-0.39, 0.29) is 5.92 Å². The monoisotopic (exact) mass is 278 g/mol. The molecular weight excluding hydrogens is 264 g/mol. The van der Waals surface area contributed by atoms with E-state index in [1.165, 1.54) is 11.1 Å². The number of nitrogens with two attached hydrogens (primary N) is 1. The fourth-order valence-corrected chi connectivity index (χ4v) is 2.84. The van der Waals surface area contributed by atoms with Crippen LogP contribution in [0.5, 0.6) is 0 Å². The van der Waals surface area contributed by atoms with Gasteiger partial charge in [-0.1, -0.05) is 29.4 Å². The van der Waals surface area contributed by atoms with Gasteiger partial charge in [0.05, 0.1) is 11.9 Å². The third-order valence-electron chi connectivity index (χ3n) is 3.89. The van der Waals surface area contributed by atoms with E-state index >= 15 is 0 Å². The molecule has 1 aliphatic carbocycles. The summed E-state index contributed by atoms with van der Waals surface area (Å²) >= 11 is 0. The second-order valence-corrected chi connectivity index (χ2v) is 5.22. The van der Waals surface area contributed by atoms with Crippen molar-refractivity contribution in [2.75, 3.05) is 5.73 Å². The number of rotatable bonds is 2. The molecule has 21 heavy (non-hydrogen) atoms. The predicted molar refractivity (Wildman–Crippen MR) is 78.5 cm³/mol. The lowest BCUT2D eigenvalue weighted by Gasteiger charge is -2.05. The first-order valence-electron chi connectivity index (χ1n) is 6.94. The van der Waals surface area contributed by atoms with Crippen LogP contribution in [0.4, 0.5) is 5.69 Å². The molecule has 4 rings (SSSR count). The van der Waals surface area contributed by atoms with Crippen LogP contribution in [0.25, 0.3) is 11.6 Å². The zero-order chi connectivity index (χ0) is 14.2. The van der Waals surface area contributed by atoms with E-state index in [2.05, 4.69) is 39.4 Å². The molecule has 104 valence electrons. The number of fused-ring (bicyclic) bond motifs is 1. The molecule has 2 heterocycles. The van der Waals surface area contributed by atoms with Gasteiger partial charge in [0, 0.05) is 5.92 Å². The third-order valence-corrected chi connectivity index (χ3v) is 3.89. The normalized spacial score (nSPS) is 16.9. The number of anilines is 1. The largest absolute Gasteiger partial charge is 0.397 e. The molecule has 1 unspecified atom stereocenters. The van der Waals surface area contributed by atoms with Gasteiger partial charge < -0.3 is 10.3 Å². The Bertz CT molecular complexity index is 779. The number of nitrogen functional groups attached to an aromatic ring is 1. The number of benzene rings is 1. The molecule has 0 spiro atoms. The Morgan fingerprint density at radius 2 is 2.05 bits per heavy atom. The first kappa shape index (κ1) is 12.1. The van der Waals surface area contributed by atoms with E-state index in [9.17, 15) is 0 Å². The van der Waals surface area contributed by atoms with E-state index in [1.807, 2.05) is 0 Å². The van der Waals surface area contributed by atoms with Crippen LogP contribution in [0.15, 0.2) is 47.1 Å². The van der Waals surface area contributed by atoms with Gasteiger partial charge in [-0.15, -0.1) is 0 Å². The molecule has 0 aliphatic heterocycles. The molecule has 0 fully saturated rings. The Morgan fingerprint density at radius 3 is 2.90 bits per heavy atom. The highest BCUT2D eigenvalue weighted by Crippen LogP contribution is 2.37. The molecule has 1 aromatic carbocycles. The number of aromatic nitrogens is 3. The fraction of sp³-hybridized carbons (Fsp3) is 0.188. The zero-order valence-corrected chi connectivity index (χ0v) is 11.4. The van der Waals surface area contributed by atoms with Crippen molar-refractivity contribution in [3.05, 3.63) is 59.5 Å². The molecule has 0 saturated carbocycles. The molecular formula is C16H14N4O. The standard InChI is InChI=1S/C16H14N4O/c17-11-6-8-14(18-9-11)16-19-15(20-21-16)13-7-5-10-3-1-2-4-12(10)13/h1-4,6,8-9,13H,5,7,17H2. The van der Waals surface area contributed by atoms with Crippen molar-refractivity contribution in [2.45, 2.75) is 18.8 Å². The number of aryl methyl sites for hydroxylation is 1. The summed E-state index contributed by atoms with van der Waals surface area (Å²) in [6, 6.07) is 12.0. The van der Waals surface area contributed by atoms with Crippen LogP contribution in [0.2, 0.25) is 0 Å². The van der Waals surface area contributed by atoms with E-state index in [1.54, 1.807) is 18.3 Å². The van der Waals surface area contributed by atoms with E-state index in [4.69, 9.17) is 10.3 Å². The van der Waals surface area contributed by atoms with Crippen LogP contribution in [0, 0.1) is 0 Å². The number of hydrogen-bond donors (Lipinski definition) is 1. The second kappa shape index (κ2) is 4.70. The van der Waals surface area contributed by atoms with E-state index in [0.717, 1.165) is 18.7 Å². The van der Waals surface area contributed by atoms with E-state index in [0.29, 0.717) is 17.3 Å². The van der Waals surface area contributed by atoms with Gasteiger partial charge in [-0.25, -0.2) is 4.98 Å². The van der Waals surface area contributed by atoms with Crippen LogP contribution in [-0.4, -0.2) is 15.1 Å². The Morgan fingerprint density at radius 1 is 1.14 bits per heavy atom. The summed E-state index contributed by atoms with van der Waals surface area (Å²) in [6.45, 7) is 0. The maximum absolute atomic E-state index is 5.63. The highest BCUT2D eigenvalue weighted by atomic mass is 16.5. The van der Waals surface area contributed by atoms with Crippen LogP contribution >= 0.6 is 0 Å². The van der Waals surface area contributed by atoms with Crippen molar-refractivity contribution < 1.29 is 4.52 Å². The van der Waals surface area contributed by atoms with Crippen molar-refractivity contribution in [3.63, 3.8) is 0 Å². The summed E-state index contributed by atoms with van der Waals surface area (Å²) in [5.74, 6) is 1.38. The fourth-order valence-electron chi connectivity index (χ4n) is 2.84. The first-order chi connectivity index (χ1) is 10.3. The average Bonchev–Trinajstić information content (AvgIpc) is 3.14. The minimum Gasteiger partial charge on any atom is -0.397 e. The summed E-state index contributed by atoms with van der Waals surface area (Å²) < 4.78 is 5.35. The van der Waals surface area contributed by atoms with Crippen LogP contribution < -0.4 is 5.73 Å².